The van der Waals surface area contributed by atoms with Crippen LogP contribution in [0.4, 0.5) is 0 Å². The number of nitrogens with zero attached hydrogens (tertiary/aromatic N) is 1. The van der Waals surface area contributed by atoms with E-state index in [9.17, 15) is 43.8 Å². The monoisotopic (exact) mass is 689 g/mol. The van der Waals surface area contributed by atoms with Crippen molar-refractivity contribution in [1.29, 1.82) is 5.41 Å². The first-order valence-electron chi connectivity index (χ1n) is 15.9. The maximum atomic E-state index is 13.5. The molecule has 1 heterocycles. The van der Waals surface area contributed by atoms with Gasteiger partial charge in [0.2, 0.25) is 35.4 Å². The number of amides is 6. The van der Waals surface area contributed by atoms with Crippen LogP contribution in [0.5, 0.6) is 5.75 Å². The van der Waals surface area contributed by atoms with Gasteiger partial charge in [-0.2, -0.15) is 0 Å². The van der Waals surface area contributed by atoms with Gasteiger partial charge in [0.15, 0.2) is 5.96 Å². The van der Waals surface area contributed by atoms with Crippen molar-refractivity contribution < 1.29 is 43.8 Å². The van der Waals surface area contributed by atoms with Crippen LogP contribution in [0.3, 0.4) is 0 Å². The molecule has 18 nitrogen and oxygen atoms in total. The predicted molar refractivity (Wildman–Crippen MR) is 175 cm³/mol. The van der Waals surface area contributed by atoms with Gasteiger partial charge < -0.3 is 53.2 Å². The Morgan fingerprint density at radius 2 is 1.59 bits per heavy atom. The van der Waals surface area contributed by atoms with Crippen molar-refractivity contribution in [2.75, 3.05) is 13.1 Å². The van der Waals surface area contributed by atoms with Gasteiger partial charge in [0.1, 0.15) is 36.0 Å². The third kappa shape index (κ3) is 13.0. The maximum absolute atomic E-state index is 13.5. The van der Waals surface area contributed by atoms with Crippen LogP contribution >= 0.6 is 0 Å². The number of nitrogens with two attached hydrogens (primary N) is 2. The van der Waals surface area contributed by atoms with E-state index < -0.39 is 84.0 Å². The van der Waals surface area contributed by atoms with Crippen molar-refractivity contribution >= 4 is 47.4 Å². The molecule has 0 aromatic heterocycles. The van der Waals surface area contributed by atoms with Gasteiger partial charge in [0.05, 0.1) is 6.42 Å². The molecule has 1 aromatic rings. The molecule has 5 atom stereocenters. The smallest absolute Gasteiger partial charge is 0.305 e. The first-order valence-corrected chi connectivity index (χ1v) is 15.9. The standard InChI is InChI=1S/C31H47N9O9/c1-16(2)25(29(48)37-21(26(32)45)14-18-8-10-19(42)11-9-18)39-27(46)22(15-24(43)44)38-28(47)23-7-5-13-40(23)30(49)20(36-17(3)41)6-4-12-35-31(33)34/h8-11,16,20-23,25,42H,4-7,12-15H2,1-3H3,(H2,32,45)(H,36,41)(H,37,48)(H,38,47)(H,39,46)(H,43,44)(H4,33,34,35)/t20-,21-,22-,23-,25-/m0/s1. The summed E-state index contributed by atoms with van der Waals surface area (Å²) in [6.45, 7) is 4.91. The second-order valence-electron chi connectivity index (χ2n) is 12.1. The number of aliphatic carboxylic acids is 1. The van der Waals surface area contributed by atoms with Crippen LogP contribution in [0.1, 0.15) is 58.4 Å². The van der Waals surface area contributed by atoms with Gasteiger partial charge in [0, 0.05) is 26.4 Å². The number of carboxylic acid groups (broad SMARTS) is 1. The summed E-state index contributed by atoms with van der Waals surface area (Å²) in [5, 5.41) is 38.9. The molecule has 1 aliphatic rings. The second-order valence-corrected chi connectivity index (χ2v) is 12.1. The highest BCUT2D eigenvalue weighted by atomic mass is 16.4. The highest BCUT2D eigenvalue weighted by Gasteiger charge is 2.39. The SMILES string of the molecule is CC(=O)N[C@@H](CCCNC(=N)N)C(=O)N1CCC[C@H]1C(=O)N[C@@H](CC(=O)O)C(=O)N[C@H](C(=O)N[C@@H](Cc1ccc(O)cc1)C(N)=O)C(C)C. The van der Waals surface area contributed by atoms with E-state index in [0.717, 1.165) is 0 Å². The van der Waals surface area contributed by atoms with E-state index >= 15 is 0 Å². The van der Waals surface area contributed by atoms with E-state index in [2.05, 4.69) is 26.6 Å². The fourth-order valence-electron chi connectivity index (χ4n) is 5.33. The zero-order chi connectivity index (χ0) is 36.8. The number of phenolic OH excluding ortho intramolecular Hbond substituents is 1. The summed E-state index contributed by atoms with van der Waals surface area (Å²) < 4.78 is 0. The van der Waals surface area contributed by atoms with Crippen LogP contribution in [0.25, 0.3) is 0 Å². The van der Waals surface area contributed by atoms with Crippen LogP contribution in [-0.4, -0.2) is 106 Å². The number of benzene rings is 1. The summed E-state index contributed by atoms with van der Waals surface area (Å²) in [6.07, 6.45) is 0.337. The molecule has 1 aliphatic heterocycles. The quantitative estimate of drug-likeness (QED) is 0.0447. The summed E-state index contributed by atoms with van der Waals surface area (Å²) in [5.74, 6) is -6.62. The number of rotatable bonds is 18. The van der Waals surface area contributed by atoms with Gasteiger partial charge in [-0.25, -0.2) is 0 Å². The van der Waals surface area contributed by atoms with Crippen molar-refractivity contribution in [1.82, 2.24) is 31.5 Å². The number of guanidine groups is 1. The van der Waals surface area contributed by atoms with Gasteiger partial charge in [0.25, 0.3) is 0 Å². The Bertz CT molecular complexity index is 1390. The summed E-state index contributed by atoms with van der Waals surface area (Å²) in [7, 11) is 0. The third-order valence-electron chi connectivity index (χ3n) is 7.79. The average Bonchev–Trinajstić information content (AvgIpc) is 3.50. The van der Waals surface area contributed by atoms with Crippen LogP contribution in [0.2, 0.25) is 0 Å². The highest BCUT2D eigenvalue weighted by Crippen LogP contribution is 2.20. The van der Waals surface area contributed by atoms with Crippen molar-refractivity contribution in [2.24, 2.45) is 17.4 Å². The number of hydrogen-bond donors (Lipinski definition) is 10. The molecule has 12 N–H and O–H groups in total. The normalized spacial score (nSPS) is 16.4. The van der Waals surface area contributed by atoms with Crippen LogP contribution in [-0.2, 0) is 40.0 Å². The van der Waals surface area contributed by atoms with Gasteiger partial charge in [-0.05, 0) is 49.3 Å². The number of likely N-dealkylation sites (tertiary alicyclic amines) is 1. The molecule has 49 heavy (non-hydrogen) atoms. The molecule has 2 rings (SSSR count). The van der Waals surface area contributed by atoms with Crippen molar-refractivity contribution in [3.8, 4) is 5.75 Å². The highest BCUT2D eigenvalue weighted by molar-refractivity contribution is 5.97. The Morgan fingerprint density at radius 3 is 2.14 bits per heavy atom. The fraction of sp³-hybridized carbons (Fsp3) is 0.548. The molecule has 0 bridgehead atoms. The number of primary amides is 1. The van der Waals surface area contributed by atoms with Crippen LogP contribution in [0, 0.1) is 11.3 Å². The minimum Gasteiger partial charge on any atom is -0.508 e. The summed E-state index contributed by atoms with van der Waals surface area (Å²) >= 11 is 0. The molecule has 1 saturated heterocycles. The minimum absolute atomic E-state index is 0.00524. The van der Waals surface area contributed by atoms with Gasteiger partial charge in [-0.1, -0.05) is 26.0 Å². The molecular formula is C31H47N9O9. The molecule has 0 aliphatic carbocycles. The summed E-state index contributed by atoms with van der Waals surface area (Å²) in [6, 6.07) is -0.222. The van der Waals surface area contributed by atoms with E-state index in [1.807, 2.05) is 0 Å². The van der Waals surface area contributed by atoms with E-state index in [1.54, 1.807) is 26.0 Å². The molecule has 270 valence electrons. The van der Waals surface area contributed by atoms with Crippen molar-refractivity contribution in [3.63, 3.8) is 0 Å². The lowest BCUT2D eigenvalue weighted by Crippen LogP contribution is -2.60. The zero-order valence-corrected chi connectivity index (χ0v) is 27.8. The first-order chi connectivity index (χ1) is 23.0. The number of carbonyl (C=O) groups is 7. The topological polar surface area (TPSA) is 299 Å². The van der Waals surface area contributed by atoms with E-state index in [1.165, 1.54) is 24.0 Å². The Labute approximate surface area is 283 Å². The molecular weight excluding hydrogens is 642 g/mol. The van der Waals surface area contributed by atoms with Crippen molar-refractivity contribution in [2.45, 2.75) is 89.5 Å². The zero-order valence-electron chi connectivity index (χ0n) is 27.8. The Kier molecular flexibility index (Phi) is 15.3. The number of nitrogens with one attached hydrogen (secondary N) is 6. The Hall–Kier alpha value is -5.42. The number of phenols is 1. The summed E-state index contributed by atoms with van der Waals surface area (Å²) in [4.78, 5) is 90.5. The lowest BCUT2D eigenvalue weighted by molar-refractivity contribution is -0.144. The van der Waals surface area contributed by atoms with Crippen LogP contribution < -0.4 is 38.1 Å². The minimum atomic E-state index is -1.63. The van der Waals surface area contributed by atoms with Crippen LogP contribution in [0.15, 0.2) is 24.3 Å². The lowest BCUT2D eigenvalue weighted by atomic mass is 10.00. The maximum Gasteiger partial charge on any atom is 0.305 e. The lowest BCUT2D eigenvalue weighted by Gasteiger charge is -2.30. The second kappa shape index (κ2) is 18.8. The molecule has 1 aromatic carbocycles. The van der Waals surface area contributed by atoms with E-state index in [4.69, 9.17) is 16.9 Å². The van der Waals surface area contributed by atoms with Crippen molar-refractivity contribution in [3.05, 3.63) is 29.8 Å². The number of carboxylic acids is 1. The molecule has 6 amide bonds. The summed E-state index contributed by atoms with van der Waals surface area (Å²) in [5.41, 5.74) is 11.4. The average molecular weight is 690 g/mol. The van der Waals surface area contributed by atoms with Gasteiger partial charge in [-0.15, -0.1) is 0 Å². The Balaban J connectivity index is 2.17. The predicted octanol–water partition coefficient (Wildman–Crippen LogP) is -2.24. The number of hydrogen-bond acceptors (Lipinski definition) is 9. The van der Waals surface area contributed by atoms with E-state index in [0.29, 0.717) is 18.4 Å². The van der Waals surface area contributed by atoms with Gasteiger partial charge >= 0.3 is 5.97 Å². The molecule has 0 spiro atoms. The fourth-order valence-corrected chi connectivity index (χ4v) is 5.33. The molecule has 0 saturated carbocycles. The third-order valence-corrected chi connectivity index (χ3v) is 7.79. The molecule has 0 radical (unpaired) electrons. The van der Waals surface area contributed by atoms with Gasteiger partial charge in [-0.3, -0.25) is 39.0 Å². The molecule has 0 unspecified atom stereocenters. The number of carbonyl (C=O) groups excluding carboxylic acids is 6. The first kappa shape index (κ1) is 39.8. The molecule has 18 heteroatoms. The molecule has 1 fully saturated rings. The largest absolute Gasteiger partial charge is 0.508 e. The number of aromatic hydroxyl groups is 1. The van der Waals surface area contributed by atoms with E-state index in [-0.39, 0.29) is 44.1 Å². The Morgan fingerprint density at radius 1 is 0.939 bits per heavy atom.